The number of carbonyl (C=O) groups is 1. The maximum atomic E-state index is 12.2. The summed E-state index contributed by atoms with van der Waals surface area (Å²) in [7, 11) is 0. The van der Waals surface area contributed by atoms with E-state index in [9.17, 15) is 18.0 Å². The van der Waals surface area contributed by atoms with E-state index in [-0.39, 0.29) is 0 Å². The van der Waals surface area contributed by atoms with Crippen molar-refractivity contribution in [2.45, 2.75) is 19.5 Å². The molecule has 5 heteroatoms. The van der Waals surface area contributed by atoms with E-state index in [1.807, 2.05) is 0 Å². The molecule has 0 aliphatic heterocycles. The van der Waals surface area contributed by atoms with Gasteiger partial charge in [-0.3, -0.25) is 4.79 Å². The predicted octanol–water partition coefficient (Wildman–Crippen LogP) is 1.67. The zero-order valence-corrected chi connectivity index (χ0v) is 5.81. The number of halogens is 3. The topological polar surface area (TPSA) is 26.3 Å². The highest BCUT2D eigenvalue weighted by molar-refractivity contribution is 5.67. The van der Waals surface area contributed by atoms with E-state index in [0.717, 1.165) is 6.92 Å². The average molecular weight is 168 g/mol. The van der Waals surface area contributed by atoms with Crippen molar-refractivity contribution in [1.29, 1.82) is 0 Å². The fraction of sp³-hybridized carbons (Fsp3) is 0.500. The molecule has 11 heavy (non-hydrogen) atoms. The summed E-state index contributed by atoms with van der Waals surface area (Å²) in [5.74, 6) is -1.72. The molecule has 0 bridgehead atoms. The summed E-state index contributed by atoms with van der Waals surface area (Å²) in [6.45, 7) is 3.79. The summed E-state index contributed by atoms with van der Waals surface area (Å²) < 4.78 is 39.1. The first-order valence-corrected chi connectivity index (χ1v) is 2.74. The molecule has 0 spiro atoms. The van der Waals surface area contributed by atoms with Crippen molar-refractivity contribution in [3.63, 3.8) is 0 Å². The molecular formula is C6H7F3O2. The van der Waals surface area contributed by atoms with Crippen LogP contribution in [0.1, 0.15) is 6.92 Å². The Morgan fingerprint density at radius 1 is 1.45 bits per heavy atom. The van der Waals surface area contributed by atoms with Crippen LogP contribution in [0.4, 0.5) is 13.2 Å². The molecular weight excluding hydrogens is 161 g/mol. The summed E-state index contributed by atoms with van der Waals surface area (Å²) in [6.07, 6.45) is -5.80. The molecule has 0 aromatic heterocycles. The summed E-state index contributed by atoms with van der Waals surface area (Å²) >= 11 is 0. The van der Waals surface area contributed by atoms with Crippen LogP contribution in [0.3, 0.4) is 0 Å². The van der Waals surface area contributed by atoms with E-state index >= 15 is 0 Å². The van der Waals surface area contributed by atoms with Crippen molar-refractivity contribution in [2.24, 2.45) is 0 Å². The van der Waals surface area contributed by atoms with Gasteiger partial charge in [0, 0.05) is 6.92 Å². The summed E-state index contributed by atoms with van der Waals surface area (Å²) in [5, 5.41) is 0. The molecule has 1 atom stereocenters. The number of ether oxygens (including phenoxy) is 1. The lowest BCUT2D eigenvalue weighted by atomic mass is 10.3. The molecule has 2 nitrogen and oxygen atoms in total. The molecule has 0 heterocycles. The quantitative estimate of drug-likeness (QED) is 0.473. The van der Waals surface area contributed by atoms with Gasteiger partial charge < -0.3 is 4.74 Å². The van der Waals surface area contributed by atoms with Gasteiger partial charge in [-0.1, -0.05) is 6.58 Å². The molecule has 0 rings (SSSR count). The smallest absolute Gasteiger partial charge is 0.307 e. The third kappa shape index (κ3) is 3.64. The lowest BCUT2D eigenvalue weighted by molar-refractivity contribution is -0.138. The lowest BCUT2D eigenvalue weighted by Gasteiger charge is -2.08. The Kier molecular flexibility index (Phi) is 3.64. The second kappa shape index (κ2) is 4.00. The number of allylic oxidation sites excluding steroid dienone is 1. The molecule has 0 radical (unpaired) electrons. The molecule has 0 N–H and O–H groups in total. The van der Waals surface area contributed by atoms with Crippen LogP contribution >= 0.6 is 0 Å². The zero-order valence-electron chi connectivity index (χ0n) is 5.81. The Labute approximate surface area is 61.6 Å². The van der Waals surface area contributed by atoms with Crippen molar-refractivity contribution >= 4 is 5.97 Å². The SMILES string of the molecule is C=C(OC(C)=O)C(F)C(F)F. The molecule has 0 aromatic rings. The van der Waals surface area contributed by atoms with Crippen LogP contribution in [0, 0.1) is 0 Å². The Balaban J connectivity index is 3.93. The van der Waals surface area contributed by atoms with Gasteiger partial charge in [-0.15, -0.1) is 0 Å². The molecule has 0 aliphatic rings. The average Bonchev–Trinajstić information content (AvgIpc) is 1.84. The van der Waals surface area contributed by atoms with Crippen molar-refractivity contribution in [1.82, 2.24) is 0 Å². The van der Waals surface area contributed by atoms with E-state index in [4.69, 9.17) is 0 Å². The van der Waals surface area contributed by atoms with E-state index in [1.165, 1.54) is 0 Å². The van der Waals surface area contributed by atoms with Crippen LogP contribution < -0.4 is 0 Å². The number of hydrogen-bond donors (Lipinski definition) is 0. The van der Waals surface area contributed by atoms with Crippen LogP contribution in [-0.4, -0.2) is 18.6 Å². The highest BCUT2D eigenvalue weighted by Gasteiger charge is 2.24. The number of esters is 1. The van der Waals surface area contributed by atoms with E-state index in [1.54, 1.807) is 0 Å². The lowest BCUT2D eigenvalue weighted by Crippen LogP contribution is -2.17. The number of hydrogen-bond acceptors (Lipinski definition) is 2. The zero-order chi connectivity index (χ0) is 9.02. The summed E-state index contributed by atoms with van der Waals surface area (Å²) in [5.41, 5.74) is 0. The van der Waals surface area contributed by atoms with Crippen molar-refractivity contribution < 1.29 is 22.7 Å². The van der Waals surface area contributed by atoms with Crippen LogP contribution in [-0.2, 0) is 9.53 Å². The fourth-order valence-corrected chi connectivity index (χ4v) is 0.381. The van der Waals surface area contributed by atoms with Crippen molar-refractivity contribution in [3.8, 4) is 0 Å². The predicted molar refractivity (Wildman–Crippen MR) is 31.8 cm³/mol. The van der Waals surface area contributed by atoms with E-state index < -0.39 is 24.3 Å². The normalized spacial score (nSPS) is 12.8. The largest absolute Gasteiger partial charge is 0.428 e. The third-order valence-electron chi connectivity index (χ3n) is 0.804. The second-order valence-corrected chi connectivity index (χ2v) is 1.80. The third-order valence-corrected chi connectivity index (χ3v) is 0.804. The molecule has 64 valence electrons. The van der Waals surface area contributed by atoms with Gasteiger partial charge >= 0.3 is 5.97 Å². The first-order valence-electron chi connectivity index (χ1n) is 2.74. The fourth-order valence-electron chi connectivity index (χ4n) is 0.381. The molecule has 0 saturated carbocycles. The number of rotatable bonds is 3. The standard InChI is InChI=1S/C6H7F3O2/c1-3(11-4(2)10)5(7)6(8)9/h5-6H,1H2,2H3. The summed E-state index contributed by atoms with van der Waals surface area (Å²) in [6, 6.07) is 0. The highest BCUT2D eigenvalue weighted by atomic mass is 19.3. The Morgan fingerprint density at radius 3 is 2.18 bits per heavy atom. The van der Waals surface area contributed by atoms with Crippen LogP contribution in [0.2, 0.25) is 0 Å². The Morgan fingerprint density at radius 2 is 1.91 bits per heavy atom. The monoisotopic (exact) mass is 168 g/mol. The maximum Gasteiger partial charge on any atom is 0.307 e. The van der Waals surface area contributed by atoms with Crippen LogP contribution in [0.25, 0.3) is 0 Å². The minimum Gasteiger partial charge on any atom is -0.428 e. The van der Waals surface area contributed by atoms with Gasteiger partial charge in [-0.05, 0) is 0 Å². The molecule has 0 fully saturated rings. The van der Waals surface area contributed by atoms with Gasteiger partial charge in [-0.2, -0.15) is 0 Å². The highest BCUT2D eigenvalue weighted by Crippen LogP contribution is 2.14. The van der Waals surface area contributed by atoms with Crippen LogP contribution in [0.15, 0.2) is 12.3 Å². The minimum absolute atomic E-state index is 0.854. The van der Waals surface area contributed by atoms with Gasteiger partial charge in [-0.25, -0.2) is 13.2 Å². The van der Waals surface area contributed by atoms with Crippen LogP contribution in [0.5, 0.6) is 0 Å². The summed E-state index contributed by atoms with van der Waals surface area (Å²) in [4.78, 5) is 10.1. The van der Waals surface area contributed by atoms with Crippen molar-refractivity contribution in [2.75, 3.05) is 0 Å². The van der Waals surface area contributed by atoms with Crippen molar-refractivity contribution in [3.05, 3.63) is 12.3 Å². The first-order chi connectivity index (χ1) is 4.95. The van der Waals surface area contributed by atoms with Gasteiger partial charge in [0.1, 0.15) is 5.76 Å². The molecule has 1 unspecified atom stereocenters. The molecule has 0 saturated heterocycles. The number of alkyl halides is 3. The van der Waals surface area contributed by atoms with E-state index in [2.05, 4.69) is 11.3 Å². The molecule has 0 aromatic carbocycles. The van der Waals surface area contributed by atoms with Gasteiger partial charge in [0.15, 0.2) is 0 Å². The van der Waals surface area contributed by atoms with Gasteiger partial charge in [0.05, 0.1) is 0 Å². The number of carbonyl (C=O) groups excluding carboxylic acids is 1. The van der Waals surface area contributed by atoms with E-state index in [0.29, 0.717) is 0 Å². The maximum absolute atomic E-state index is 12.2. The Bertz CT molecular complexity index is 167. The Hall–Kier alpha value is -1.00. The molecule has 0 amide bonds. The first kappa shape index (κ1) is 10.0. The van der Waals surface area contributed by atoms with Gasteiger partial charge in [0.2, 0.25) is 6.17 Å². The second-order valence-electron chi connectivity index (χ2n) is 1.80. The molecule has 0 aliphatic carbocycles. The van der Waals surface area contributed by atoms with Gasteiger partial charge in [0.25, 0.3) is 6.43 Å². The minimum atomic E-state index is -3.21.